The Balaban J connectivity index is 2.37. The van der Waals surface area contributed by atoms with Crippen LogP contribution < -0.4 is 5.32 Å². The summed E-state index contributed by atoms with van der Waals surface area (Å²) < 4.78 is 9.68. The first kappa shape index (κ1) is 10.8. The number of esters is 1. The molecule has 1 heterocycles. The van der Waals surface area contributed by atoms with Crippen LogP contribution in [0.15, 0.2) is 0 Å². The van der Waals surface area contributed by atoms with Crippen LogP contribution in [0, 0.1) is 0 Å². The topological polar surface area (TPSA) is 64.6 Å². The van der Waals surface area contributed by atoms with Gasteiger partial charge in [-0.2, -0.15) is 0 Å². The van der Waals surface area contributed by atoms with Crippen molar-refractivity contribution in [3.63, 3.8) is 0 Å². The second kappa shape index (κ2) is 3.86. The number of hydrogen-bond acceptors (Lipinski definition) is 4. The van der Waals surface area contributed by atoms with Crippen LogP contribution in [0.1, 0.15) is 27.2 Å². The third-order valence-corrected chi connectivity index (χ3v) is 1.63. The number of alkyl carbamates (subject to hydrolysis) is 1. The first-order valence-electron chi connectivity index (χ1n) is 4.54. The lowest BCUT2D eigenvalue weighted by atomic mass is 10.2. The van der Waals surface area contributed by atoms with E-state index in [1.807, 2.05) is 0 Å². The molecule has 80 valence electrons. The molecule has 5 heteroatoms. The highest BCUT2D eigenvalue weighted by atomic mass is 16.6. The molecule has 1 N–H and O–H groups in total. The maximum atomic E-state index is 11.2. The molecular weight excluding hydrogens is 186 g/mol. The zero-order chi connectivity index (χ0) is 10.8. The van der Waals surface area contributed by atoms with Crippen LogP contribution in [0.5, 0.6) is 0 Å². The second-order valence-electron chi connectivity index (χ2n) is 4.15. The average molecular weight is 201 g/mol. The summed E-state index contributed by atoms with van der Waals surface area (Å²) in [4.78, 5) is 22.2. The van der Waals surface area contributed by atoms with Gasteiger partial charge < -0.3 is 14.8 Å². The van der Waals surface area contributed by atoms with Crippen molar-refractivity contribution in [3.05, 3.63) is 0 Å². The highest BCUT2D eigenvalue weighted by Gasteiger charge is 2.29. The molecular formula is C9H15NO4. The Bertz CT molecular complexity index is 244. The largest absolute Gasteiger partial charge is 0.464 e. The molecule has 0 bridgehead atoms. The van der Waals surface area contributed by atoms with E-state index < -0.39 is 23.7 Å². The molecule has 1 saturated heterocycles. The summed E-state index contributed by atoms with van der Waals surface area (Å²) in [6, 6.07) is -0.551. The Morgan fingerprint density at radius 3 is 2.64 bits per heavy atom. The number of carbonyl (C=O) groups is 2. The highest BCUT2D eigenvalue weighted by molar-refractivity contribution is 5.82. The van der Waals surface area contributed by atoms with Gasteiger partial charge in [0, 0.05) is 6.42 Å². The van der Waals surface area contributed by atoms with E-state index in [0.29, 0.717) is 13.0 Å². The number of hydrogen-bond donors (Lipinski definition) is 1. The third-order valence-electron chi connectivity index (χ3n) is 1.63. The van der Waals surface area contributed by atoms with Crippen molar-refractivity contribution in [1.29, 1.82) is 0 Å². The van der Waals surface area contributed by atoms with E-state index in [1.165, 1.54) is 0 Å². The Morgan fingerprint density at radius 2 is 2.21 bits per heavy atom. The molecule has 0 aromatic rings. The van der Waals surface area contributed by atoms with Gasteiger partial charge in [0.1, 0.15) is 11.6 Å². The first-order valence-corrected chi connectivity index (χ1v) is 4.54. The average Bonchev–Trinajstić information content (AvgIpc) is 2.32. The summed E-state index contributed by atoms with van der Waals surface area (Å²) in [5.41, 5.74) is -0.549. The van der Waals surface area contributed by atoms with E-state index >= 15 is 0 Å². The van der Waals surface area contributed by atoms with E-state index in [-0.39, 0.29) is 0 Å². The Labute approximate surface area is 82.8 Å². The lowest BCUT2D eigenvalue weighted by Gasteiger charge is -2.20. The molecule has 14 heavy (non-hydrogen) atoms. The number of amides is 1. The highest BCUT2D eigenvalue weighted by Crippen LogP contribution is 2.09. The lowest BCUT2D eigenvalue weighted by Crippen LogP contribution is -2.41. The van der Waals surface area contributed by atoms with Gasteiger partial charge in [0.2, 0.25) is 0 Å². The van der Waals surface area contributed by atoms with Crippen LogP contribution in [-0.2, 0) is 14.3 Å². The van der Waals surface area contributed by atoms with Gasteiger partial charge >= 0.3 is 12.1 Å². The van der Waals surface area contributed by atoms with Gasteiger partial charge in [0.15, 0.2) is 0 Å². The lowest BCUT2D eigenvalue weighted by molar-refractivity contribution is -0.139. The van der Waals surface area contributed by atoms with Gasteiger partial charge in [-0.1, -0.05) is 0 Å². The predicted octanol–water partition coefficient (Wildman–Crippen LogP) is 0.827. The van der Waals surface area contributed by atoms with E-state index in [9.17, 15) is 9.59 Å². The van der Waals surface area contributed by atoms with Crippen molar-refractivity contribution in [3.8, 4) is 0 Å². The van der Waals surface area contributed by atoms with E-state index in [0.717, 1.165) is 0 Å². The maximum absolute atomic E-state index is 11.2. The molecule has 1 aliphatic rings. The van der Waals surface area contributed by atoms with Crippen molar-refractivity contribution in [2.24, 2.45) is 0 Å². The predicted molar refractivity (Wildman–Crippen MR) is 48.7 cm³/mol. The van der Waals surface area contributed by atoms with Crippen LogP contribution in [0.3, 0.4) is 0 Å². The summed E-state index contributed by atoms with van der Waals surface area (Å²) in [6.07, 6.45) is -0.0701. The minimum absolute atomic E-state index is 0.360. The Kier molecular flexibility index (Phi) is 2.98. The maximum Gasteiger partial charge on any atom is 0.408 e. The monoisotopic (exact) mass is 201 g/mol. The zero-order valence-corrected chi connectivity index (χ0v) is 8.62. The molecule has 5 nitrogen and oxygen atoms in total. The van der Waals surface area contributed by atoms with Crippen LogP contribution in [-0.4, -0.2) is 30.3 Å². The van der Waals surface area contributed by atoms with Gasteiger partial charge in [-0.3, -0.25) is 0 Å². The zero-order valence-electron chi connectivity index (χ0n) is 8.62. The summed E-state index contributed by atoms with van der Waals surface area (Å²) in [6.45, 7) is 5.65. The molecule has 0 radical (unpaired) electrons. The summed E-state index contributed by atoms with van der Waals surface area (Å²) in [5.74, 6) is -0.393. The van der Waals surface area contributed by atoms with Crippen molar-refractivity contribution in [1.82, 2.24) is 5.32 Å². The summed E-state index contributed by atoms with van der Waals surface area (Å²) >= 11 is 0. The molecule has 1 fully saturated rings. The molecule has 1 rings (SSSR count). The summed E-state index contributed by atoms with van der Waals surface area (Å²) in [7, 11) is 0. The van der Waals surface area contributed by atoms with E-state index in [4.69, 9.17) is 4.74 Å². The molecule has 0 aromatic heterocycles. The van der Waals surface area contributed by atoms with Gasteiger partial charge in [0.05, 0.1) is 6.61 Å². The molecule has 1 amide bonds. The fraction of sp³-hybridized carbons (Fsp3) is 0.778. The van der Waals surface area contributed by atoms with Gasteiger partial charge in [-0.25, -0.2) is 9.59 Å². The minimum atomic E-state index is -0.582. The van der Waals surface area contributed by atoms with Gasteiger partial charge in [0.25, 0.3) is 0 Å². The van der Waals surface area contributed by atoms with E-state index in [2.05, 4.69) is 10.1 Å². The summed E-state index contributed by atoms with van der Waals surface area (Å²) in [5, 5.41) is 2.45. The molecule has 0 aliphatic carbocycles. The quantitative estimate of drug-likeness (QED) is 0.638. The van der Waals surface area contributed by atoms with Crippen molar-refractivity contribution < 1.29 is 19.1 Å². The van der Waals surface area contributed by atoms with Crippen molar-refractivity contribution in [2.75, 3.05) is 6.61 Å². The number of rotatable bonds is 1. The van der Waals surface area contributed by atoms with Gasteiger partial charge in [-0.15, -0.1) is 0 Å². The Hall–Kier alpha value is -1.26. The third kappa shape index (κ3) is 3.24. The SMILES string of the molecule is CC(C)(C)OC(=O)NC1CCOC1=O. The van der Waals surface area contributed by atoms with Crippen LogP contribution in [0.4, 0.5) is 4.79 Å². The number of carbonyl (C=O) groups excluding carboxylic acids is 2. The molecule has 0 spiro atoms. The first-order chi connectivity index (χ1) is 6.38. The van der Waals surface area contributed by atoms with Crippen LogP contribution in [0.2, 0.25) is 0 Å². The minimum Gasteiger partial charge on any atom is -0.464 e. The van der Waals surface area contributed by atoms with Crippen molar-refractivity contribution >= 4 is 12.1 Å². The fourth-order valence-electron chi connectivity index (χ4n) is 1.08. The van der Waals surface area contributed by atoms with Crippen molar-refractivity contribution in [2.45, 2.75) is 38.8 Å². The molecule has 1 aliphatic heterocycles. The fourth-order valence-corrected chi connectivity index (χ4v) is 1.08. The molecule has 0 aromatic carbocycles. The second-order valence-corrected chi connectivity index (χ2v) is 4.15. The molecule has 1 unspecified atom stereocenters. The molecule has 0 saturated carbocycles. The Morgan fingerprint density at radius 1 is 1.57 bits per heavy atom. The van der Waals surface area contributed by atoms with Crippen LogP contribution >= 0.6 is 0 Å². The smallest absolute Gasteiger partial charge is 0.408 e. The number of cyclic esters (lactones) is 1. The standard InChI is InChI=1S/C9H15NO4/c1-9(2,3)14-8(12)10-6-4-5-13-7(6)11/h6H,4-5H2,1-3H3,(H,10,12). The van der Waals surface area contributed by atoms with Gasteiger partial charge in [-0.05, 0) is 20.8 Å². The normalized spacial score (nSPS) is 21.6. The molecule has 1 atom stereocenters. The van der Waals surface area contributed by atoms with Crippen LogP contribution in [0.25, 0.3) is 0 Å². The number of ether oxygens (including phenoxy) is 2. The number of nitrogens with one attached hydrogen (secondary N) is 1. The van der Waals surface area contributed by atoms with E-state index in [1.54, 1.807) is 20.8 Å².